The van der Waals surface area contributed by atoms with Gasteiger partial charge in [-0.15, -0.1) is 12.4 Å². The van der Waals surface area contributed by atoms with Crippen molar-refractivity contribution in [2.45, 2.75) is 70.0 Å². The van der Waals surface area contributed by atoms with Crippen LogP contribution in [0.3, 0.4) is 0 Å². The van der Waals surface area contributed by atoms with E-state index in [1.807, 2.05) is 0 Å². The summed E-state index contributed by atoms with van der Waals surface area (Å²) in [5.41, 5.74) is -0.220. The third kappa shape index (κ3) is 2.89. The van der Waals surface area contributed by atoms with Crippen LogP contribution in [0.5, 0.6) is 0 Å². The molecular formula is C13H25ClFN. The van der Waals surface area contributed by atoms with Gasteiger partial charge in [0.25, 0.3) is 0 Å². The third-order valence-electron chi connectivity index (χ3n) is 4.49. The largest absolute Gasteiger partial charge is 0.309 e. The minimum Gasteiger partial charge on any atom is -0.309 e. The molecule has 16 heavy (non-hydrogen) atoms. The maximum atomic E-state index is 14.1. The number of alkyl halides is 1. The first-order valence-electron chi connectivity index (χ1n) is 6.62. The van der Waals surface area contributed by atoms with Crippen LogP contribution in [-0.4, -0.2) is 18.3 Å². The molecule has 0 aromatic heterocycles. The van der Waals surface area contributed by atoms with Crippen molar-refractivity contribution < 1.29 is 4.39 Å². The highest BCUT2D eigenvalue weighted by Gasteiger charge is 2.42. The van der Waals surface area contributed by atoms with Crippen molar-refractivity contribution in [1.82, 2.24) is 5.32 Å². The second-order valence-electron chi connectivity index (χ2n) is 5.51. The summed E-state index contributed by atoms with van der Waals surface area (Å²) in [7, 11) is 0. The number of halogens is 2. The minimum absolute atomic E-state index is 0. The van der Waals surface area contributed by atoms with Crippen molar-refractivity contribution >= 4 is 12.4 Å². The first-order valence-corrected chi connectivity index (χ1v) is 6.62. The van der Waals surface area contributed by atoms with Crippen LogP contribution in [0.2, 0.25) is 0 Å². The fourth-order valence-electron chi connectivity index (χ4n) is 3.33. The smallest absolute Gasteiger partial charge is 0.118 e. The monoisotopic (exact) mass is 249 g/mol. The van der Waals surface area contributed by atoms with Crippen LogP contribution >= 0.6 is 12.4 Å². The average Bonchev–Trinajstić information content (AvgIpc) is 2.51. The SMILES string of the molecule is CC1(C2CCCCCC2)NCCCC1F.Cl. The van der Waals surface area contributed by atoms with Crippen LogP contribution in [0.1, 0.15) is 58.3 Å². The van der Waals surface area contributed by atoms with Gasteiger partial charge >= 0.3 is 0 Å². The molecule has 1 heterocycles. The van der Waals surface area contributed by atoms with E-state index in [9.17, 15) is 4.39 Å². The van der Waals surface area contributed by atoms with E-state index in [0.29, 0.717) is 5.92 Å². The van der Waals surface area contributed by atoms with E-state index in [-0.39, 0.29) is 17.9 Å². The van der Waals surface area contributed by atoms with E-state index in [1.54, 1.807) is 0 Å². The molecule has 0 radical (unpaired) electrons. The van der Waals surface area contributed by atoms with Crippen molar-refractivity contribution in [3.8, 4) is 0 Å². The average molecular weight is 250 g/mol. The van der Waals surface area contributed by atoms with Gasteiger partial charge in [0.05, 0.1) is 0 Å². The fraction of sp³-hybridized carbons (Fsp3) is 1.00. The molecule has 3 heteroatoms. The van der Waals surface area contributed by atoms with E-state index < -0.39 is 6.17 Å². The quantitative estimate of drug-likeness (QED) is 0.696. The number of rotatable bonds is 1. The number of hydrogen-bond donors (Lipinski definition) is 1. The molecule has 1 N–H and O–H groups in total. The van der Waals surface area contributed by atoms with E-state index in [4.69, 9.17) is 0 Å². The minimum atomic E-state index is -0.630. The summed E-state index contributed by atoms with van der Waals surface area (Å²) in [6.45, 7) is 3.13. The van der Waals surface area contributed by atoms with Crippen LogP contribution in [0, 0.1) is 5.92 Å². The highest BCUT2D eigenvalue weighted by molar-refractivity contribution is 5.85. The Bertz CT molecular complexity index is 204. The molecule has 0 spiro atoms. The molecule has 0 aromatic carbocycles. The first kappa shape index (κ1) is 14.2. The molecule has 1 aliphatic carbocycles. The molecule has 1 saturated carbocycles. The van der Waals surface area contributed by atoms with Crippen LogP contribution in [0.15, 0.2) is 0 Å². The molecule has 1 aliphatic heterocycles. The van der Waals surface area contributed by atoms with Gasteiger partial charge in [-0.05, 0) is 45.1 Å². The predicted molar refractivity (Wildman–Crippen MR) is 69.0 cm³/mol. The zero-order chi connectivity index (χ0) is 10.7. The van der Waals surface area contributed by atoms with E-state index in [2.05, 4.69) is 12.2 Å². The van der Waals surface area contributed by atoms with Gasteiger partial charge in [0, 0.05) is 5.54 Å². The summed E-state index contributed by atoms with van der Waals surface area (Å²) in [6.07, 6.45) is 8.89. The summed E-state index contributed by atoms with van der Waals surface area (Å²) in [5, 5.41) is 3.47. The van der Waals surface area contributed by atoms with E-state index in [1.165, 1.54) is 38.5 Å². The summed E-state index contributed by atoms with van der Waals surface area (Å²) >= 11 is 0. The number of hydrogen-bond acceptors (Lipinski definition) is 1. The van der Waals surface area contributed by atoms with Gasteiger partial charge in [-0.1, -0.05) is 25.7 Å². The lowest BCUT2D eigenvalue weighted by Gasteiger charge is -2.44. The lowest BCUT2D eigenvalue weighted by molar-refractivity contribution is 0.0609. The number of piperidine rings is 1. The summed E-state index contributed by atoms with van der Waals surface area (Å²) in [5.74, 6) is 0.565. The van der Waals surface area contributed by atoms with Gasteiger partial charge < -0.3 is 5.32 Å². The van der Waals surface area contributed by atoms with Crippen LogP contribution in [0.25, 0.3) is 0 Å². The van der Waals surface area contributed by atoms with Crippen molar-refractivity contribution in [2.75, 3.05) is 6.54 Å². The summed E-state index contributed by atoms with van der Waals surface area (Å²) in [6, 6.07) is 0. The summed E-state index contributed by atoms with van der Waals surface area (Å²) in [4.78, 5) is 0. The molecule has 0 amide bonds. The lowest BCUT2D eigenvalue weighted by atomic mass is 9.74. The second-order valence-corrected chi connectivity index (χ2v) is 5.51. The molecule has 96 valence electrons. The van der Waals surface area contributed by atoms with E-state index >= 15 is 0 Å². The molecule has 2 fully saturated rings. The van der Waals surface area contributed by atoms with Gasteiger partial charge in [-0.3, -0.25) is 0 Å². The Hall–Kier alpha value is 0.180. The molecule has 2 unspecified atom stereocenters. The standard InChI is InChI=1S/C13H24FN.ClH/c1-13(12(14)9-6-10-15-13)11-7-4-2-3-5-8-11;/h11-12,15H,2-10H2,1H3;1H. The van der Waals surface area contributed by atoms with Gasteiger partial charge in [-0.25, -0.2) is 4.39 Å². The molecule has 2 aliphatic rings. The molecule has 2 rings (SSSR count). The molecule has 2 atom stereocenters. The Morgan fingerprint density at radius 1 is 1.00 bits per heavy atom. The van der Waals surface area contributed by atoms with Crippen molar-refractivity contribution in [2.24, 2.45) is 5.92 Å². The second kappa shape index (κ2) is 6.20. The van der Waals surface area contributed by atoms with Gasteiger partial charge in [0.1, 0.15) is 6.17 Å². The van der Waals surface area contributed by atoms with E-state index in [0.717, 1.165) is 19.4 Å². The molecule has 1 saturated heterocycles. The van der Waals surface area contributed by atoms with Crippen LogP contribution < -0.4 is 5.32 Å². The van der Waals surface area contributed by atoms with Crippen molar-refractivity contribution in [1.29, 1.82) is 0 Å². The zero-order valence-corrected chi connectivity index (χ0v) is 11.1. The van der Waals surface area contributed by atoms with Crippen molar-refractivity contribution in [3.05, 3.63) is 0 Å². The van der Waals surface area contributed by atoms with Crippen LogP contribution in [-0.2, 0) is 0 Å². The zero-order valence-electron chi connectivity index (χ0n) is 10.3. The highest BCUT2D eigenvalue weighted by atomic mass is 35.5. The van der Waals surface area contributed by atoms with Crippen LogP contribution in [0.4, 0.5) is 4.39 Å². The summed E-state index contributed by atoms with van der Waals surface area (Å²) < 4.78 is 14.1. The Morgan fingerprint density at radius 2 is 1.62 bits per heavy atom. The Labute approximate surface area is 105 Å². The highest BCUT2D eigenvalue weighted by Crippen LogP contribution is 2.37. The molecule has 0 bridgehead atoms. The molecular weight excluding hydrogens is 225 g/mol. The molecule has 0 aromatic rings. The Kier molecular flexibility index (Phi) is 5.52. The lowest BCUT2D eigenvalue weighted by Crippen LogP contribution is -2.58. The fourth-order valence-corrected chi connectivity index (χ4v) is 3.33. The Balaban J connectivity index is 0.00000128. The van der Waals surface area contributed by atoms with Crippen molar-refractivity contribution in [3.63, 3.8) is 0 Å². The van der Waals surface area contributed by atoms with Gasteiger partial charge in [0.15, 0.2) is 0 Å². The maximum Gasteiger partial charge on any atom is 0.118 e. The van der Waals surface area contributed by atoms with Gasteiger partial charge in [0.2, 0.25) is 0 Å². The number of nitrogens with one attached hydrogen (secondary N) is 1. The van der Waals surface area contributed by atoms with Gasteiger partial charge in [-0.2, -0.15) is 0 Å². The topological polar surface area (TPSA) is 12.0 Å². The normalized spacial score (nSPS) is 37.5. The predicted octanol–water partition coefficient (Wildman–Crippen LogP) is 3.86. The maximum absolute atomic E-state index is 14.1. The first-order chi connectivity index (χ1) is 7.23. The third-order valence-corrected chi connectivity index (χ3v) is 4.49. The Morgan fingerprint density at radius 3 is 2.19 bits per heavy atom. The molecule has 1 nitrogen and oxygen atoms in total.